The Morgan fingerprint density at radius 1 is 1.28 bits per heavy atom. The normalized spacial score (nSPS) is 17.5. The van der Waals surface area contributed by atoms with Gasteiger partial charge in [0.1, 0.15) is 0 Å². The molecule has 0 aromatic rings. The van der Waals surface area contributed by atoms with Crippen molar-refractivity contribution in [2.45, 2.75) is 19.4 Å². The number of amides is 1. The van der Waals surface area contributed by atoms with Crippen molar-refractivity contribution >= 4 is 28.5 Å². The maximum Gasteiger partial charge on any atom is 0.239 e. The molecule has 1 rings (SSSR count). The van der Waals surface area contributed by atoms with E-state index in [-0.39, 0.29) is 23.0 Å². The number of amidine groups is 1. The van der Waals surface area contributed by atoms with Gasteiger partial charge < -0.3 is 15.1 Å². The van der Waals surface area contributed by atoms with Crippen molar-refractivity contribution in [1.82, 2.24) is 15.1 Å². The summed E-state index contributed by atoms with van der Waals surface area (Å²) in [6.07, 6.45) is 0.762. The van der Waals surface area contributed by atoms with Crippen molar-refractivity contribution < 1.29 is 4.79 Å². The van der Waals surface area contributed by atoms with Crippen LogP contribution in [0.2, 0.25) is 0 Å². The summed E-state index contributed by atoms with van der Waals surface area (Å²) in [5.74, 6) is 0.136. The Bertz CT molecular complexity index is 334. The van der Waals surface area contributed by atoms with Crippen molar-refractivity contribution in [2.75, 3.05) is 33.2 Å². The molecule has 1 fully saturated rings. The van der Waals surface area contributed by atoms with Crippen molar-refractivity contribution in [3.63, 3.8) is 0 Å². The fourth-order valence-electron chi connectivity index (χ4n) is 2.01. The standard InChI is InChI=1S/C11H20ClN5O/c1-3-8(15-2)11(18)17-6-4-16(5-7-17)10(14)9(12)13/h8,13-15H,3-7H2,1-2H3. The van der Waals surface area contributed by atoms with Crippen LogP contribution in [0.3, 0.4) is 0 Å². The predicted octanol–water partition coefficient (Wildman–Crippen LogP) is 0.322. The SMILES string of the molecule is CCC(NC)C(=O)N1CCN(C(=N)C(=N)Cl)CC1. The lowest BCUT2D eigenvalue weighted by Gasteiger charge is -2.37. The first-order valence-corrected chi connectivity index (χ1v) is 6.43. The molecule has 0 aromatic carbocycles. The number of carbonyl (C=O) groups excluding carboxylic acids is 1. The van der Waals surface area contributed by atoms with Crippen LogP contribution in [-0.4, -0.2) is 66.0 Å². The summed E-state index contributed by atoms with van der Waals surface area (Å²) in [6.45, 7) is 4.23. The van der Waals surface area contributed by atoms with Gasteiger partial charge in [0.25, 0.3) is 0 Å². The van der Waals surface area contributed by atoms with Gasteiger partial charge in [-0.25, -0.2) is 0 Å². The van der Waals surface area contributed by atoms with Gasteiger partial charge in [0.05, 0.1) is 6.04 Å². The van der Waals surface area contributed by atoms with E-state index in [0.717, 1.165) is 6.42 Å². The minimum Gasteiger partial charge on any atom is -0.351 e. The molecular weight excluding hydrogens is 254 g/mol. The number of hydrogen-bond donors (Lipinski definition) is 3. The zero-order valence-corrected chi connectivity index (χ0v) is 11.5. The molecule has 3 N–H and O–H groups in total. The Labute approximate surface area is 112 Å². The molecule has 7 heteroatoms. The topological polar surface area (TPSA) is 83.3 Å². The number of nitrogens with one attached hydrogen (secondary N) is 3. The summed E-state index contributed by atoms with van der Waals surface area (Å²) in [4.78, 5) is 15.6. The summed E-state index contributed by atoms with van der Waals surface area (Å²) in [5, 5.41) is 17.6. The number of piperazine rings is 1. The number of carbonyl (C=O) groups is 1. The van der Waals surface area contributed by atoms with Gasteiger partial charge in [-0.05, 0) is 13.5 Å². The molecule has 1 unspecified atom stereocenters. The van der Waals surface area contributed by atoms with E-state index >= 15 is 0 Å². The van der Waals surface area contributed by atoms with Gasteiger partial charge in [-0.3, -0.25) is 15.6 Å². The van der Waals surface area contributed by atoms with Crippen LogP contribution >= 0.6 is 11.6 Å². The lowest BCUT2D eigenvalue weighted by Crippen LogP contribution is -2.55. The van der Waals surface area contributed by atoms with Gasteiger partial charge in [-0.15, -0.1) is 0 Å². The molecule has 0 spiro atoms. The van der Waals surface area contributed by atoms with Gasteiger partial charge in [-0.1, -0.05) is 18.5 Å². The molecule has 6 nitrogen and oxygen atoms in total. The van der Waals surface area contributed by atoms with E-state index in [9.17, 15) is 4.79 Å². The Kier molecular flexibility index (Phi) is 5.55. The third kappa shape index (κ3) is 3.43. The Morgan fingerprint density at radius 3 is 2.17 bits per heavy atom. The van der Waals surface area contributed by atoms with Gasteiger partial charge in [0.2, 0.25) is 5.91 Å². The molecule has 1 amide bonds. The first-order chi connectivity index (χ1) is 8.51. The molecule has 1 heterocycles. The second kappa shape index (κ2) is 6.70. The highest BCUT2D eigenvalue weighted by Crippen LogP contribution is 2.07. The highest BCUT2D eigenvalue weighted by atomic mass is 35.5. The minimum absolute atomic E-state index is 0.0319. The number of halogens is 1. The maximum atomic E-state index is 12.1. The third-order valence-electron chi connectivity index (χ3n) is 3.17. The van der Waals surface area contributed by atoms with Crippen LogP contribution in [0.1, 0.15) is 13.3 Å². The van der Waals surface area contributed by atoms with Gasteiger partial charge >= 0.3 is 0 Å². The Hall–Kier alpha value is -1.14. The number of nitrogens with zero attached hydrogens (tertiary/aromatic N) is 2. The van der Waals surface area contributed by atoms with Gasteiger partial charge in [-0.2, -0.15) is 0 Å². The number of rotatable bonds is 4. The molecule has 0 aliphatic carbocycles. The average Bonchev–Trinajstić information content (AvgIpc) is 2.39. The molecule has 18 heavy (non-hydrogen) atoms. The minimum atomic E-state index is -0.253. The van der Waals surface area contributed by atoms with E-state index in [1.807, 2.05) is 6.92 Å². The molecule has 1 saturated heterocycles. The van der Waals surface area contributed by atoms with Crippen molar-refractivity contribution in [3.05, 3.63) is 0 Å². The molecule has 1 aliphatic heterocycles. The van der Waals surface area contributed by atoms with E-state index in [1.54, 1.807) is 16.8 Å². The van der Waals surface area contributed by atoms with Crippen molar-refractivity contribution in [2.24, 2.45) is 0 Å². The summed E-state index contributed by atoms with van der Waals surface area (Å²) in [7, 11) is 1.78. The summed E-state index contributed by atoms with van der Waals surface area (Å²) < 4.78 is 0. The van der Waals surface area contributed by atoms with Crippen LogP contribution in [-0.2, 0) is 4.79 Å². The highest BCUT2D eigenvalue weighted by Gasteiger charge is 2.26. The second-order valence-corrected chi connectivity index (χ2v) is 4.60. The second-order valence-electron chi connectivity index (χ2n) is 4.22. The Balaban J connectivity index is 2.51. The molecule has 102 valence electrons. The third-order valence-corrected chi connectivity index (χ3v) is 3.35. The molecule has 0 saturated carbocycles. The maximum absolute atomic E-state index is 12.1. The quantitative estimate of drug-likeness (QED) is 0.510. The largest absolute Gasteiger partial charge is 0.351 e. The Morgan fingerprint density at radius 2 is 1.78 bits per heavy atom. The lowest BCUT2D eigenvalue weighted by molar-refractivity contribution is -0.134. The number of likely N-dealkylation sites (N-methyl/N-ethyl adjacent to an activating group) is 1. The van der Waals surface area contributed by atoms with E-state index < -0.39 is 0 Å². The summed E-state index contributed by atoms with van der Waals surface area (Å²) >= 11 is 5.48. The average molecular weight is 274 g/mol. The molecule has 0 bridgehead atoms. The zero-order valence-electron chi connectivity index (χ0n) is 10.8. The van der Waals surface area contributed by atoms with Crippen LogP contribution < -0.4 is 5.32 Å². The van der Waals surface area contributed by atoms with Crippen molar-refractivity contribution in [3.8, 4) is 0 Å². The summed E-state index contributed by atoms with van der Waals surface area (Å²) in [5.41, 5.74) is 0. The predicted molar refractivity (Wildman–Crippen MR) is 72.6 cm³/mol. The fraction of sp³-hybridized carbons (Fsp3) is 0.727. The van der Waals surface area contributed by atoms with Crippen LogP contribution in [0, 0.1) is 10.8 Å². The van der Waals surface area contributed by atoms with Crippen LogP contribution in [0.5, 0.6) is 0 Å². The molecule has 1 aliphatic rings. The first kappa shape index (κ1) is 14.9. The van der Waals surface area contributed by atoms with Crippen molar-refractivity contribution in [1.29, 1.82) is 10.8 Å². The zero-order chi connectivity index (χ0) is 13.7. The molecule has 0 aromatic heterocycles. The monoisotopic (exact) mass is 273 g/mol. The number of hydrogen-bond acceptors (Lipinski definition) is 4. The van der Waals surface area contributed by atoms with E-state index in [1.165, 1.54) is 0 Å². The molecular formula is C11H20ClN5O. The van der Waals surface area contributed by atoms with E-state index in [4.69, 9.17) is 22.4 Å². The fourth-order valence-corrected chi connectivity index (χ4v) is 2.13. The van der Waals surface area contributed by atoms with Gasteiger partial charge in [0.15, 0.2) is 11.0 Å². The lowest BCUT2D eigenvalue weighted by atomic mass is 10.2. The smallest absolute Gasteiger partial charge is 0.239 e. The first-order valence-electron chi connectivity index (χ1n) is 6.05. The molecule has 0 radical (unpaired) electrons. The van der Waals surface area contributed by atoms with Crippen LogP contribution in [0.25, 0.3) is 0 Å². The highest BCUT2D eigenvalue weighted by molar-refractivity contribution is 6.82. The van der Waals surface area contributed by atoms with Crippen LogP contribution in [0.4, 0.5) is 0 Å². The summed E-state index contributed by atoms with van der Waals surface area (Å²) in [6, 6.07) is -0.137. The van der Waals surface area contributed by atoms with Crippen LogP contribution in [0.15, 0.2) is 0 Å². The van der Waals surface area contributed by atoms with Gasteiger partial charge in [0, 0.05) is 26.2 Å². The molecule has 1 atom stereocenters. The van der Waals surface area contributed by atoms with E-state index in [2.05, 4.69) is 5.32 Å². The van der Waals surface area contributed by atoms with E-state index in [0.29, 0.717) is 26.2 Å².